The van der Waals surface area contributed by atoms with Gasteiger partial charge in [-0.05, 0) is 30.3 Å². The number of piperazine rings is 1. The van der Waals surface area contributed by atoms with E-state index in [-0.39, 0.29) is 46.5 Å². The Kier molecular flexibility index (Phi) is 6.73. The summed E-state index contributed by atoms with van der Waals surface area (Å²) in [7, 11) is -4.10. The number of ether oxygens (including phenoxy) is 1. The molecule has 0 saturated carbocycles. The zero-order valence-corrected chi connectivity index (χ0v) is 19.3. The van der Waals surface area contributed by atoms with E-state index in [1.165, 1.54) is 41.3 Å². The van der Waals surface area contributed by atoms with Gasteiger partial charge in [-0.3, -0.25) is 0 Å². The standard InChI is InChI=1S/C22H20F3N5O5S/c23-22(24,25)21(32)35-19-13-29(36(33,34)14-6-2-1-3-7-14)10-11-30(19)17-12-16(27-28-20(17)26)15-8-4-5-9-18(15)31/h1-9,12,19,31H,10-11,13H2,(H2,26,28). The van der Waals surface area contributed by atoms with E-state index < -0.39 is 34.9 Å². The number of benzene rings is 2. The van der Waals surface area contributed by atoms with Crippen LogP contribution >= 0.6 is 0 Å². The SMILES string of the molecule is Nc1nnc(-c2ccccc2O)cc1N1CCN(S(=O)(=O)c2ccccc2)CC1OC(=O)C(F)(F)F. The van der Waals surface area contributed by atoms with Crippen molar-refractivity contribution in [1.82, 2.24) is 14.5 Å². The number of aromatic hydroxyl groups is 1. The van der Waals surface area contributed by atoms with Gasteiger partial charge in [0.25, 0.3) is 0 Å². The fourth-order valence-corrected chi connectivity index (χ4v) is 5.14. The van der Waals surface area contributed by atoms with Crippen LogP contribution in [-0.2, 0) is 19.6 Å². The number of anilines is 2. The second-order valence-corrected chi connectivity index (χ2v) is 9.68. The molecule has 4 rings (SSSR count). The van der Waals surface area contributed by atoms with Gasteiger partial charge in [0.1, 0.15) is 5.75 Å². The lowest BCUT2D eigenvalue weighted by molar-refractivity contribution is -0.205. The maximum atomic E-state index is 13.1. The zero-order valence-electron chi connectivity index (χ0n) is 18.5. The van der Waals surface area contributed by atoms with Gasteiger partial charge in [-0.15, -0.1) is 10.2 Å². The summed E-state index contributed by atoms with van der Waals surface area (Å²) in [4.78, 5) is 12.9. The molecular weight excluding hydrogens is 503 g/mol. The topological polar surface area (TPSA) is 139 Å². The number of esters is 1. The highest BCUT2D eigenvalue weighted by Gasteiger charge is 2.45. The van der Waals surface area contributed by atoms with E-state index in [1.54, 1.807) is 24.3 Å². The molecule has 1 unspecified atom stereocenters. The highest BCUT2D eigenvalue weighted by molar-refractivity contribution is 7.89. The van der Waals surface area contributed by atoms with Crippen molar-refractivity contribution in [3.8, 4) is 17.0 Å². The lowest BCUT2D eigenvalue weighted by Gasteiger charge is -2.41. The maximum Gasteiger partial charge on any atom is 0.491 e. The predicted molar refractivity (Wildman–Crippen MR) is 122 cm³/mol. The monoisotopic (exact) mass is 523 g/mol. The molecule has 1 atom stereocenters. The highest BCUT2D eigenvalue weighted by Crippen LogP contribution is 2.34. The van der Waals surface area contributed by atoms with Crippen LogP contribution in [-0.4, -0.2) is 66.0 Å². The Morgan fingerprint density at radius 2 is 1.72 bits per heavy atom. The number of nitrogen functional groups attached to an aromatic ring is 1. The Hall–Kier alpha value is -3.91. The number of carbonyl (C=O) groups excluding carboxylic acids is 1. The number of phenolic OH excluding ortho intramolecular Hbond substituents is 1. The number of rotatable bonds is 5. The van der Waals surface area contributed by atoms with Crippen LogP contribution in [0, 0.1) is 0 Å². The average Bonchev–Trinajstić information content (AvgIpc) is 2.85. The van der Waals surface area contributed by atoms with Gasteiger partial charge >= 0.3 is 12.1 Å². The quantitative estimate of drug-likeness (QED) is 0.483. The first-order chi connectivity index (χ1) is 17.0. The van der Waals surface area contributed by atoms with E-state index in [0.717, 1.165) is 4.31 Å². The Morgan fingerprint density at radius 1 is 1.06 bits per heavy atom. The molecule has 2 heterocycles. The first-order valence-electron chi connectivity index (χ1n) is 10.5. The minimum atomic E-state index is -5.31. The van der Waals surface area contributed by atoms with Gasteiger partial charge < -0.3 is 20.5 Å². The molecule has 0 aliphatic carbocycles. The molecular formula is C22H20F3N5O5S. The molecule has 10 nitrogen and oxygen atoms in total. The van der Waals surface area contributed by atoms with Gasteiger partial charge in [0.2, 0.25) is 10.0 Å². The summed E-state index contributed by atoms with van der Waals surface area (Å²) in [6.45, 7) is -0.935. The van der Waals surface area contributed by atoms with E-state index in [9.17, 15) is 31.5 Å². The number of carbonyl (C=O) groups is 1. The van der Waals surface area contributed by atoms with Gasteiger partial charge in [0, 0.05) is 18.7 Å². The van der Waals surface area contributed by atoms with Crippen molar-refractivity contribution < 1.29 is 36.2 Å². The van der Waals surface area contributed by atoms with Gasteiger partial charge in [-0.2, -0.15) is 17.5 Å². The third kappa shape index (κ3) is 5.04. The normalized spacial score (nSPS) is 17.1. The smallest absolute Gasteiger partial charge is 0.491 e. The van der Waals surface area contributed by atoms with Gasteiger partial charge in [0.05, 0.1) is 22.8 Å². The Labute approximate surface area is 203 Å². The highest BCUT2D eigenvalue weighted by atomic mass is 32.2. The summed E-state index contributed by atoms with van der Waals surface area (Å²) in [6, 6.07) is 14.9. The number of nitrogens with zero attached hydrogens (tertiary/aromatic N) is 4. The number of para-hydroxylation sites is 1. The van der Waals surface area contributed by atoms with Gasteiger partial charge in [-0.25, -0.2) is 13.2 Å². The van der Waals surface area contributed by atoms with Crippen molar-refractivity contribution >= 4 is 27.5 Å². The molecule has 0 spiro atoms. The molecule has 1 aromatic heterocycles. The second-order valence-electron chi connectivity index (χ2n) is 7.74. The summed E-state index contributed by atoms with van der Waals surface area (Å²) in [5.74, 6) is -2.80. The maximum absolute atomic E-state index is 13.1. The number of alkyl halides is 3. The Bertz CT molecular complexity index is 1370. The molecule has 1 aliphatic heterocycles. The lowest BCUT2D eigenvalue weighted by Crippen LogP contribution is -2.57. The fraction of sp³-hybridized carbons (Fsp3) is 0.227. The van der Waals surface area contributed by atoms with Gasteiger partial charge in [-0.1, -0.05) is 30.3 Å². The van der Waals surface area contributed by atoms with Crippen LogP contribution in [0.15, 0.2) is 65.6 Å². The number of hydrogen-bond donors (Lipinski definition) is 2. The molecule has 36 heavy (non-hydrogen) atoms. The summed E-state index contributed by atoms with van der Waals surface area (Å²) in [5, 5.41) is 17.9. The number of sulfonamides is 1. The van der Waals surface area contributed by atoms with Crippen molar-refractivity contribution in [1.29, 1.82) is 0 Å². The molecule has 1 aliphatic rings. The summed E-state index contributed by atoms with van der Waals surface area (Å²) in [6.07, 6.45) is -7.00. The summed E-state index contributed by atoms with van der Waals surface area (Å²) < 4.78 is 70.9. The summed E-state index contributed by atoms with van der Waals surface area (Å²) in [5.41, 5.74) is 6.44. The van der Waals surface area contributed by atoms with E-state index in [2.05, 4.69) is 10.2 Å². The number of phenols is 1. The average molecular weight is 523 g/mol. The largest absolute Gasteiger partial charge is 0.507 e. The molecule has 3 aromatic rings. The van der Waals surface area contributed by atoms with Crippen molar-refractivity contribution in [2.24, 2.45) is 0 Å². The molecule has 2 aromatic carbocycles. The predicted octanol–water partition coefficient (Wildman–Crippen LogP) is 2.37. The van der Waals surface area contributed by atoms with Crippen molar-refractivity contribution in [2.45, 2.75) is 17.3 Å². The third-order valence-corrected chi connectivity index (χ3v) is 7.32. The van der Waals surface area contributed by atoms with Crippen LogP contribution in [0.2, 0.25) is 0 Å². The molecule has 0 bridgehead atoms. The lowest BCUT2D eigenvalue weighted by atomic mass is 10.1. The Morgan fingerprint density at radius 3 is 2.39 bits per heavy atom. The van der Waals surface area contributed by atoms with Crippen LogP contribution in [0.4, 0.5) is 24.7 Å². The number of aromatic nitrogens is 2. The molecule has 0 amide bonds. The number of halogens is 3. The van der Waals surface area contributed by atoms with Crippen LogP contribution < -0.4 is 10.6 Å². The van der Waals surface area contributed by atoms with Gasteiger partial charge in [0.15, 0.2) is 12.0 Å². The third-order valence-electron chi connectivity index (χ3n) is 5.44. The van der Waals surface area contributed by atoms with E-state index in [1.807, 2.05) is 0 Å². The first kappa shape index (κ1) is 25.2. The van der Waals surface area contributed by atoms with Crippen molar-refractivity contribution in [3.63, 3.8) is 0 Å². The minimum absolute atomic E-state index is 0.0555. The fourth-order valence-electron chi connectivity index (χ4n) is 3.70. The zero-order chi connectivity index (χ0) is 26.1. The van der Waals surface area contributed by atoms with E-state index in [0.29, 0.717) is 0 Å². The minimum Gasteiger partial charge on any atom is -0.507 e. The molecule has 1 fully saturated rings. The number of nitrogens with two attached hydrogens (primary N) is 1. The van der Waals surface area contributed by atoms with Crippen LogP contribution in [0.3, 0.4) is 0 Å². The number of hydrogen-bond acceptors (Lipinski definition) is 9. The van der Waals surface area contributed by atoms with E-state index >= 15 is 0 Å². The molecule has 14 heteroatoms. The molecule has 190 valence electrons. The van der Waals surface area contributed by atoms with Crippen LogP contribution in [0.25, 0.3) is 11.3 Å². The summed E-state index contributed by atoms with van der Waals surface area (Å²) >= 11 is 0. The molecule has 3 N–H and O–H groups in total. The van der Waals surface area contributed by atoms with Crippen molar-refractivity contribution in [2.75, 3.05) is 30.3 Å². The van der Waals surface area contributed by atoms with Crippen molar-refractivity contribution in [3.05, 3.63) is 60.7 Å². The molecule has 0 radical (unpaired) electrons. The van der Waals surface area contributed by atoms with Crippen LogP contribution in [0.5, 0.6) is 5.75 Å². The van der Waals surface area contributed by atoms with E-state index in [4.69, 9.17) is 10.5 Å². The molecule has 1 saturated heterocycles. The second kappa shape index (κ2) is 9.62. The van der Waals surface area contributed by atoms with Crippen LogP contribution in [0.1, 0.15) is 0 Å². The first-order valence-corrected chi connectivity index (χ1v) is 11.9. The Balaban J connectivity index is 1.71.